The van der Waals surface area contributed by atoms with Gasteiger partial charge >= 0.3 is 11.9 Å². The highest BCUT2D eigenvalue weighted by atomic mass is 79.9. The lowest BCUT2D eigenvalue weighted by atomic mass is 9.80. The fourth-order valence-electron chi connectivity index (χ4n) is 6.28. The van der Waals surface area contributed by atoms with Crippen LogP contribution in [0.5, 0.6) is 0 Å². The first-order valence-electron chi connectivity index (χ1n) is 16.9. The van der Waals surface area contributed by atoms with Gasteiger partial charge < -0.3 is 25.8 Å². The maximum absolute atomic E-state index is 13.2. The Bertz CT molecular complexity index is 1500. The third kappa shape index (κ3) is 10.8. The summed E-state index contributed by atoms with van der Waals surface area (Å²) in [4.78, 5) is 28.1. The number of para-hydroxylation sites is 2. The first-order chi connectivity index (χ1) is 23.2. The monoisotopic (exact) mass is 760 g/mol. The number of hydrogen-bond acceptors (Lipinski definition) is 8. The van der Waals surface area contributed by atoms with Gasteiger partial charge in [-0.3, -0.25) is 9.69 Å². The molecule has 1 unspecified atom stereocenters. The number of halogens is 3. The second-order valence-corrected chi connectivity index (χ2v) is 13.8. The average molecular weight is 763 g/mol. The van der Waals surface area contributed by atoms with E-state index in [1.165, 1.54) is 19.3 Å². The molecule has 4 rings (SSSR count). The van der Waals surface area contributed by atoms with Gasteiger partial charge in [0.2, 0.25) is 0 Å². The van der Waals surface area contributed by atoms with E-state index in [1.54, 1.807) is 24.3 Å². The molecule has 1 fully saturated rings. The van der Waals surface area contributed by atoms with E-state index >= 15 is 0 Å². The van der Waals surface area contributed by atoms with E-state index in [9.17, 15) is 9.59 Å². The van der Waals surface area contributed by atoms with Crippen molar-refractivity contribution in [1.82, 2.24) is 10.2 Å². The number of nitrogens with zero attached hydrogens (tertiary/aromatic N) is 1. The highest BCUT2D eigenvalue weighted by Gasteiger charge is 2.28. The van der Waals surface area contributed by atoms with E-state index in [0.29, 0.717) is 50.5 Å². The van der Waals surface area contributed by atoms with Crippen LogP contribution in [0.1, 0.15) is 79.9 Å². The van der Waals surface area contributed by atoms with Gasteiger partial charge in [0.1, 0.15) is 13.2 Å². The summed E-state index contributed by atoms with van der Waals surface area (Å²) in [5.74, 6) is -0.245. The predicted molar refractivity (Wildman–Crippen MR) is 199 cm³/mol. The van der Waals surface area contributed by atoms with Gasteiger partial charge in [-0.25, -0.2) is 4.79 Å². The van der Waals surface area contributed by atoms with Crippen LogP contribution < -0.4 is 16.4 Å². The molecule has 3 aromatic rings. The summed E-state index contributed by atoms with van der Waals surface area (Å²) in [5.41, 5.74) is 10.7. The van der Waals surface area contributed by atoms with Crippen molar-refractivity contribution in [3.8, 4) is 0 Å². The van der Waals surface area contributed by atoms with Crippen LogP contribution in [0.2, 0.25) is 10.0 Å². The number of carbonyl (C=O) groups excluding carboxylic acids is 2. The second kappa shape index (κ2) is 19.4. The topological polar surface area (TPSA) is 106 Å². The molecular weight excluding hydrogens is 715 g/mol. The summed E-state index contributed by atoms with van der Waals surface area (Å²) in [7, 11) is 0. The van der Waals surface area contributed by atoms with Gasteiger partial charge in [0.15, 0.2) is 0 Å². The van der Waals surface area contributed by atoms with Gasteiger partial charge in [0.05, 0.1) is 33.4 Å². The number of benzene rings is 3. The van der Waals surface area contributed by atoms with Gasteiger partial charge in [-0.05, 0) is 95.7 Å². The van der Waals surface area contributed by atoms with Gasteiger partial charge in [0, 0.05) is 29.3 Å². The number of anilines is 3. The molecule has 0 saturated heterocycles. The molecule has 0 aromatic heterocycles. The average Bonchev–Trinajstić information content (AvgIpc) is 3.07. The van der Waals surface area contributed by atoms with Crippen LogP contribution in [0.25, 0.3) is 0 Å². The molecule has 3 aromatic carbocycles. The Morgan fingerprint density at radius 1 is 0.958 bits per heavy atom. The van der Waals surface area contributed by atoms with E-state index < -0.39 is 0 Å². The van der Waals surface area contributed by atoms with Crippen LogP contribution in [0, 0.1) is 5.92 Å². The smallest absolute Gasteiger partial charge is 0.338 e. The number of esters is 2. The Morgan fingerprint density at radius 2 is 1.65 bits per heavy atom. The SMILES string of the molecule is CCCN(CCOC(=O)Cc1ccccc1Nc1c(Cl)cccc1Cl)CCOC(=O)c1cc(Br)c(N)c(C(NCC)C2CCCCC2)c1. The molecule has 0 amide bonds. The zero-order valence-electron chi connectivity index (χ0n) is 27.8. The number of nitrogens with one attached hydrogen (secondary N) is 2. The van der Waals surface area contributed by atoms with Gasteiger partial charge in [0.25, 0.3) is 0 Å². The maximum Gasteiger partial charge on any atom is 0.338 e. The molecule has 1 aliphatic carbocycles. The summed E-state index contributed by atoms with van der Waals surface area (Å²) in [6, 6.07) is 16.5. The van der Waals surface area contributed by atoms with Crippen molar-refractivity contribution in [2.24, 2.45) is 5.92 Å². The molecule has 0 radical (unpaired) electrons. The van der Waals surface area contributed by atoms with Crippen LogP contribution in [0.15, 0.2) is 59.1 Å². The van der Waals surface area contributed by atoms with Crippen LogP contribution in [-0.2, 0) is 20.7 Å². The van der Waals surface area contributed by atoms with Crippen LogP contribution in [-0.4, -0.2) is 56.2 Å². The molecule has 1 aliphatic rings. The number of carbonyl (C=O) groups is 2. The summed E-state index contributed by atoms with van der Waals surface area (Å²) in [6.07, 6.45) is 7.00. The third-order valence-electron chi connectivity index (χ3n) is 8.70. The Balaban J connectivity index is 1.29. The fraction of sp³-hybridized carbons (Fsp3) is 0.459. The van der Waals surface area contributed by atoms with Gasteiger partial charge in [-0.1, -0.05) is 80.6 Å². The molecule has 260 valence electrons. The van der Waals surface area contributed by atoms with E-state index in [0.717, 1.165) is 49.2 Å². The lowest BCUT2D eigenvalue weighted by Crippen LogP contribution is -2.33. The van der Waals surface area contributed by atoms with Crippen molar-refractivity contribution in [3.05, 3.63) is 85.8 Å². The maximum atomic E-state index is 13.2. The third-order valence-corrected chi connectivity index (χ3v) is 9.99. The van der Waals surface area contributed by atoms with Crippen LogP contribution >= 0.6 is 39.1 Å². The highest BCUT2D eigenvalue weighted by molar-refractivity contribution is 9.10. The number of rotatable bonds is 17. The standard InChI is InChI=1S/C37H47BrCl2N4O4/c1-3-17-44(18-20-47-33(45)24-26-13-8-9-16-32(26)43-36-30(39)14-10-15-31(36)40)19-21-48-37(46)27-22-28(34(41)29(38)23-27)35(42-4-2)25-11-6-5-7-12-25/h8-10,13-16,22-23,25,35,42-43H,3-7,11-12,17-21,24,41H2,1-2H3. The van der Waals surface area contributed by atoms with E-state index in [4.69, 9.17) is 38.4 Å². The van der Waals surface area contributed by atoms with E-state index in [1.807, 2.05) is 30.3 Å². The lowest BCUT2D eigenvalue weighted by Gasteiger charge is -2.32. The van der Waals surface area contributed by atoms with Crippen molar-refractivity contribution in [2.75, 3.05) is 50.4 Å². The minimum absolute atomic E-state index is 0.0884. The summed E-state index contributed by atoms with van der Waals surface area (Å²) in [5, 5.41) is 7.85. The fourth-order valence-corrected chi connectivity index (χ4v) is 7.25. The molecule has 0 spiro atoms. The molecule has 4 N–H and O–H groups in total. The number of hydrogen-bond donors (Lipinski definition) is 3. The summed E-state index contributed by atoms with van der Waals surface area (Å²) >= 11 is 16.2. The zero-order chi connectivity index (χ0) is 34.5. The summed E-state index contributed by atoms with van der Waals surface area (Å²) in [6.45, 7) is 7.26. The molecule has 8 nitrogen and oxygen atoms in total. The normalized spacial score (nSPS) is 14.1. The molecule has 1 saturated carbocycles. The Kier molecular flexibility index (Phi) is 15.3. The van der Waals surface area contributed by atoms with Crippen molar-refractivity contribution < 1.29 is 19.1 Å². The van der Waals surface area contributed by atoms with Crippen molar-refractivity contribution >= 4 is 68.1 Å². The molecule has 0 bridgehead atoms. The molecular formula is C37H47BrCl2N4O4. The van der Waals surface area contributed by atoms with Crippen molar-refractivity contribution in [3.63, 3.8) is 0 Å². The van der Waals surface area contributed by atoms with Crippen LogP contribution in [0.4, 0.5) is 17.1 Å². The lowest BCUT2D eigenvalue weighted by molar-refractivity contribution is -0.143. The van der Waals surface area contributed by atoms with Crippen molar-refractivity contribution in [1.29, 1.82) is 0 Å². The number of ether oxygens (including phenoxy) is 2. The second-order valence-electron chi connectivity index (χ2n) is 12.1. The largest absolute Gasteiger partial charge is 0.464 e. The predicted octanol–water partition coefficient (Wildman–Crippen LogP) is 8.97. The van der Waals surface area contributed by atoms with E-state index in [-0.39, 0.29) is 37.6 Å². The molecule has 1 atom stereocenters. The molecule has 11 heteroatoms. The number of nitrogen functional groups attached to an aromatic ring is 1. The van der Waals surface area contributed by atoms with Gasteiger partial charge in [-0.2, -0.15) is 0 Å². The highest BCUT2D eigenvalue weighted by Crippen LogP contribution is 2.39. The first kappa shape index (κ1) is 38.0. The van der Waals surface area contributed by atoms with Crippen molar-refractivity contribution in [2.45, 2.75) is 64.8 Å². The molecule has 0 aliphatic heterocycles. The molecule has 0 heterocycles. The van der Waals surface area contributed by atoms with E-state index in [2.05, 4.69) is 45.3 Å². The minimum atomic E-state index is -0.385. The Morgan fingerprint density at radius 3 is 2.33 bits per heavy atom. The number of nitrogens with two attached hydrogens (primary N) is 1. The quantitative estimate of drug-likeness (QED) is 0.0925. The van der Waals surface area contributed by atoms with Gasteiger partial charge in [-0.15, -0.1) is 0 Å². The summed E-state index contributed by atoms with van der Waals surface area (Å²) < 4.78 is 12.0. The zero-order valence-corrected chi connectivity index (χ0v) is 30.9. The Hall–Kier alpha value is -2.82. The Labute approximate surface area is 303 Å². The minimum Gasteiger partial charge on any atom is -0.464 e. The first-order valence-corrected chi connectivity index (χ1v) is 18.4. The molecule has 48 heavy (non-hydrogen) atoms. The van der Waals surface area contributed by atoms with Crippen LogP contribution in [0.3, 0.4) is 0 Å².